The molecule has 3 aromatic heterocycles. The molecule has 0 unspecified atom stereocenters. The summed E-state index contributed by atoms with van der Waals surface area (Å²) in [5.41, 5.74) is 4.96. The maximum absolute atomic E-state index is 4.83. The summed E-state index contributed by atoms with van der Waals surface area (Å²) in [5, 5.41) is 7.89. The lowest BCUT2D eigenvalue weighted by molar-refractivity contribution is 0.713. The van der Waals surface area contributed by atoms with Crippen molar-refractivity contribution < 1.29 is 0 Å². The van der Waals surface area contributed by atoms with Gasteiger partial charge in [-0.15, -0.1) is 0 Å². The summed E-state index contributed by atoms with van der Waals surface area (Å²) in [6, 6.07) is 6.19. The van der Waals surface area contributed by atoms with Crippen LogP contribution in [-0.4, -0.2) is 39.7 Å². The highest BCUT2D eigenvalue weighted by molar-refractivity contribution is 5.81. The van der Waals surface area contributed by atoms with Crippen LogP contribution in [0.25, 0.3) is 16.8 Å². The molecule has 3 aromatic rings. The SMILES string of the molecule is CCCN(CCC)c1cc(C)nc2c(-c3ccc(NC)nc3)c(C)nn12. The van der Waals surface area contributed by atoms with Gasteiger partial charge in [-0.05, 0) is 38.8 Å². The summed E-state index contributed by atoms with van der Waals surface area (Å²) >= 11 is 0. The molecule has 0 fully saturated rings. The van der Waals surface area contributed by atoms with Crippen molar-refractivity contribution in [1.82, 2.24) is 19.6 Å². The molecule has 3 rings (SSSR count). The van der Waals surface area contributed by atoms with Crippen molar-refractivity contribution in [2.24, 2.45) is 0 Å². The molecule has 0 saturated carbocycles. The first-order valence-electron chi connectivity index (χ1n) is 9.35. The van der Waals surface area contributed by atoms with E-state index in [0.29, 0.717) is 0 Å². The summed E-state index contributed by atoms with van der Waals surface area (Å²) in [5.74, 6) is 1.97. The van der Waals surface area contributed by atoms with Gasteiger partial charge in [0.05, 0.1) is 11.3 Å². The third-order valence-corrected chi connectivity index (χ3v) is 4.49. The first-order valence-corrected chi connectivity index (χ1v) is 9.35. The first kappa shape index (κ1) is 18.2. The van der Waals surface area contributed by atoms with E-state index in [1.54, 1.807) is 0 Å². The lowest BCUT2D eigenvalue weighted by Gasteiger charge is -2.24. The molecule has 0 atom stereocenters. The van der Waals surface area contributed by atoms with E-state index >= 15 is 0 Å². The number of anilines is 2. The third kappa shape index (κ3) is 3.36. The van der Waals surface area contributed by atoms with Crippen molar-refractivity contribution in [1.29, 1.82) is 0 Å². The molecule has 0 aromatic carbocycles. The zero-order chi connectivity index (χ0) is 18.7. The molecule has 3 heterocycles. The highest BCUT2D eigenvalue weighted by atomic mass is 15.3. The molecule has 0 bridgehead atoms. The Morgan fingerprint density at radius 1 is 1.12 bits per heavy atom. The molecule has 1 N–H and O–H groups in total. The number of rotatable bonds is 7. The second-order valence-electron chi connectivity index (χ2n) is 6.62. The molecule has 0 aliphatic rings. The van der Waals surface area contributed by atoms with Crippen molar-refractivity contribution >= 4 is 17.3 Å². The van der Waals surface area contributed by atoms with Gasteiger partial charge >= 0.3 is 0 Å². The average molecular weight is 352 g/mol. The van der Waals surface area contributed by atoms with Gasteiger partial charge in [0.25, 0.3) is 0 Å². The number of hydrogen-bond acceptors (Lipinski definition) is 5. The smallest absolute Gasteiger partial charge is 0.165 e. The standard InChI is InChI=1S/C20H28N6/c1-6-10-25(11-7-2)18-12-14(3)23-20-19(15(4)24-26(18)20)16-8-9-17(21-5)22-13-16/h8-9,12-13H,6-7,10-11H2,1-5H3,(H,21,22). The molecule has 26 heavy (non-hydrogen) atoms. The number of nitrogens with zero attached hydrogens (tertiary/aromatic N) is 5. The van der Waals surface area contributed by atoms with Gasteiger partial charge in [-0.2, -0.15) is 9.61 Å². The lowest BCUT2D eigenvalue weighted by atomic mass is 10.1. The van der Waals surface area contributed by atoms with E-state index in [2.05, 4.69) is 41.2 Å². The third-order valence-electron chi connectivity index (χ3n) is 4.49. The number of aromatic nitrogens is 4. The molecule has 0 amide bonds. The van der Waals surface area contributed by atoms with Crippen LogP contribution in [0.2, 0.25) is 0 Å². The Labute approximate surface area is 155 Å². The maximum Gasteiger partial charge on any atom is 0.165 e. The molecule has 0 aliphatic heterocycles. The largest absolute Gasteiger partial charge is 0.373 e. The van der Waals surface area contributed by atoms with E-state index in [0.717, 1.165) is 65.7 Å². The van der Waals surface area contributed by atoms with Crippen LogP contribution < -0.4 is 10.2 Å². The van der Waals surface area contributed by atoms with Crippen LogP contribution in [-0.2, 0) is 0 Å². The van der Waals surface area contributed by atoms with Crippen molar-refractivity contribution in [2.75, 3.05) is 30.4 Å². The Morgan fingerprint density at radius 2 is 1.85 bits per heavy atom. The Bertz CT molecular complexity index is 875. The van der Waals surface area contributed by atoms with Crippen LogP contribution in [0.1, 0.15) is 38.1 Å². The summed E-state index contributed by atoms with van der Waals surface area (Å²) < 4.78 is 2.00. The molecule has 0 radical (unpaired) electrons. The summed E-state index contributed by atoms with van der Waals surface area (Å²) in [6.45, 7) is 10.5. The van der Waals surface area contributed by atoms with Gasteiger partial charge in [0.1, 0.15) is 11.6 Å². The summed E-state index contributed by atoms with van der Waals surface area (Å²) in [4.78, 5) is 11.7. The second-order valence-corrected chi connectivity index (χ2v) is 6.62. The Hall–Kier alpha value is -2.63. The zero-order valence-electron chi connectivity index (χ0n) is 16.4. The monoisotopic (exact) mass is 352 g/mol. The molecular formula is C20H28N6. The maximum atomic E-state index is 4.83. The van der Waals surface area contributed by atoms with Gasteiger partial charge in [0, 0.05) is 43.7 Å². The lowest BCUT2D eigenvalue weighted by Crippen LogP contribution is -2.27. The van der Waals surface area contributed by atoms with Gasteiger partial charge in [-0.1, -0.05) is 13.8 Å². The molecule has 6 nitrogen and oxygen atoms in total. The molecule has 138 valence electrons. The molecule has 0 spiro atoms. The fourth-order valence-electron chi connectivity index (χ4n) is 3.36. The van der Waals surface area contributed by atoms with Crippen molar-refractivity contribution in [2.45, 2.75) is 40.5 Å². The fourth-order valence-corrected chi connectivity index (χ4v) is 3.36. The predicted octanol–water partition coefficient (Wildman–Crippen LogP) is 4.08. The van der Waals surface area contributed by atoms with Crippen molar-refractivity contribution in [3.05, 3.63) is 35.8 Å². The van der Waals surface area contributed by atoms with Crippen LogP contribution in [0.4, 0.5) is 11.6 Å². The van der Waals surface area contributed by atoms with E-state index in [-0.39, 0.29) is 0 Å². The van der Waals surface area contributed by atoms with Gasteiger partial charge in [-0.3, -0.25) is 0 Å². The van der Waals surface area contributed by atoms with E-state index in [4.69, 9.17) is 10.1 Å². The number of nitrogens with one attached hydrogen (secondary N) is 1. The highest BCUT2D eigenvalue weighted by Crippen LogP contribution is 2.30. The molecule has 0 saturated heterocycles. The minimum Gasteiger partial charge on any atom is -0.373 e. The first-order chi connectivity index (χ1) is 12.6. The van der Waals surface area contributed by atoms with Gasteiger partial charge in [0.2, 0.25) is 0 Å². The Morgan fingerprint density at radius 3 is 2.42 bits per heavy atom. The van der Waals surface area contributed by atoms with Crippen LogP contribution in [0, 0.1) is 13.8 Å². The quantitative estimate of drug-likeness (QED) is 0.694. The Balaban J connectivity index is 2.18. The molecular weight excluding hydrogens is 324 g/mol. The van der Waals surface area contributed by atoms with E-state index in [1.165, 1.54) is 0 Å². The predicted molar refractivity (Wildman–Crippen MR) is 108 cm³/mol. The van der Waals surface area contributed by atoms with Crippen LogP contribution in [0.5, 0.6) is 0 Å². The average Bonchev–Trinajstić information content (AvgIpc) is 2.96. The van der Waals surface area contributed by atoms with E-state index in [9.17, 15) is 0 Å². The van der Waals surface area contributed by atoms with Crippen LogP contribution in [0.3, 0.4) is 0 Å². The van der Waals surface area contributed by atoms with Crippen molar-refractivity contribution in [3.63, 3.8) is 0 Å². The number of hydrogen-bond donors (Lipinski definition) is 1. The number of fused-ring (bicyclic) bond motifs is 1. The van der Waals surface area contributed by atoms with Gasteiger partial charge < -0.3 is 10.2 Å². The Kier molecular flexibility index (Phi) is 5.40. The van der Waals surface area contributed by atoms with Crippen molar-refractivity contribution in [3.8, 4) is 11.1 Å². The minimum absolute atomic E-state index is 0.852. The molecule has 0 aliphatic carbocycles. The minimum atomic E-state index is 0.852. The molecule has 6 heteroatoms. The van der Waals surface area contributed by atoms with Gasteiger partial charge in [0.15, 0.2) is 5.65 Å². The highest BCUT2D eigenvalue weighted by Gasteiger charge is 2.18. The van der Waals surface area contributed by atoms with E-state index < -0.39 is 0 Å². The summed E-state index contributed by atoms with van der Waals surface area (Å²) in [6.07, 6.45) is 4.09. The van der Waals surface area contributed by atoms with Gasteiger partial charge in [-0.25, -0.2) is 9.97 Å². The number of pyridine rings is 1. The van der Waals surface area contributed by atoms with Crippen LogP contribution in [0.15, 0.2) is 24.4 Å². The zero-order valence-corrected chi connectivity index (χ0v) is 16.4. The summed E-state index contributed by atoms with van der Waals surface area (Å²) in [7, 11) is 1.87. The second kappa shape index (κ2) is 7.72. The topological polar surface area (TPSA) is 58.4 Å². The fraction of sp³-hybridized carbons (Fsp3) is 0.450. The normalized spacial score (nSPS) is 11.1. The van der Waals surface area contributed by atoms with Crippen LogP contribution >= 0.6 is 0 Å². The van der Waals surface area contributed by atoms with E-state index in [1.807, 2.05) is 37.7 Å². The number of aryl methyl sites for hydroxylation is 2.